The van der Waals surface area contributed by atoms with E-state index in [4.69, 9.17) is 14.2 Å². The second kappa shape index (κ2) is 13.5. The van der Waals surface area contributed by atoms with Gasteiger partial charge in [-0.1, -0.05) is 60.3 Å². The van der Waals surface area contributed by atoms with Crippen LogP contribution in [0.1, 0.15) is 91.0 Å². The van der Waals surface area contributed by atoms with Crippen LogP contribution in [0.3, 0.4) is 0 Å². The topological polar surface area (TPSA) is 88.5 Å². The molecular formula is C30H48N2O6. The van der Waals surface area contributed by atoms with Crippen LogP contribution in [0.15, 0.2) is 12.1 Å². The number of aliphatic carboxylic acids is 1. The van der Waals surface area contributed by atoms with Gasteiger partial charge in [0.2, 0.25) is 18.4 Å². The van der Waals surface area contributed by atoms with Gasteiger partial charge in [0, 0.05) is 31.6 Å². The van der Waals surface area contributed by atoms with Crippen molar-refractivity contribution in [2.45, 2.75) is 91.5 Å². The third kappa shape index (κ3) is 6.74. The number of benzene rings is 1. The molecule has 8 nitrogen and oxygen atoms in total. The summed E-state index contributed by atoms with van der Waals surface area (Å²) in [6, 6.07) is 3.49. The van der Waals surface area contributed by atoms with Crippen LogP contribution in [0.25, 0.3) is 0 Å². The van der Waals surface area contributed by atoms with Crippen LogP contribution in [0.4, 0.5) is 0 Å². The first-order chi connectivity index (χ1) is 18.2. The fraction of sp³-hybridized carbons (Fsp3) is 0.733. The minimum Gasteiger partial charge on any atom is -0.493 e. The Kier molecular flexibility index (Phi) is 10.7. The Morgan fingerprint density at radius 2 is 1.74 bits per heavy atom. The Hall–Kier alpha value is -2.48. The monoisotopic (exact) mass is 532 g/mol. The molecule has 0 radical (unpaired) electrons. The first-order valence-corrected chi connectivity index (χ1v) is 14.4. The van der Waals surface area contributed by atoms with Crippen molar-refractivity contribution >= 4 is 11.9 Å². The lowest BCUT2D eigenvalue weighted by Gasteiger charge is -2.40. The third-order valence-electron chi connectivity index (χ3n) is 8.22. The molecule has 1 saturated heterocycles. The van der Waals surface area contributed by atoms with Crippen molar-refractivity contribution < 1.29 is 28.9 Å². The lowest BCUT2D eigenvalue weighted by Crippen LogP contribution is -2.50. The summed E-state index contributed by atoms with van der Waals surface area (Å²) in [6.45, 7) is 13.1. The van der Waals surface area contributed by atoms with Gasteiger partial charge < -0.3 is 24.2 Å². The average molecular weight is 533 g/mol. The summed E-state index contributed by atoms with van der Waals surface area (Å²) >= 11 is 0. The molecule has 2 aliphatic heterocycles. The van der Waals surface area contributed by atoms with Crippen molar-refractivity contribution in [2.24, 2.45) is 11.3 Å². The lowest BCUT2D eigenvalue weighted by atomic mass is 9.71. The standard InChI is InChI=1S/C30H48N2O6/c1-7-10-13-30(4,5)28-26(29(34)35)22(21-16-23(36-6)27-24(17-21)37-20-38-27)18-32(28)19-25(33)31(14-11-8-2)15-12-9-3/h16-17,22,26,28H,7-15,18-20H2,1-6H3,(H,34,35)/t22-,26-,28-/m1/s1. The first kappa shape index (κ1) is 30.1. The molecule has 1 fully saturated rings. The minimum atomic E-state index is -0.829. The number of carboxylic acid groups (broad SMARTS) is 1. The molecule has 1 aromatic carbocycles. The Morgan fingerprint density at radius 1 is 1.08 bits per heavy atom. The van der Waals surface area contributed by atoms with Crippen LogP contribution in [0.2, 0.25) is 0 Å². The maximum atomic E-state index is 13.7. The van der Waals surface area contributed by atoms with E-state index in [1.807, 2.05) is 17.0 Å². The summed E-state index contributed by atoms with van der Waals surface area (Å²) in [5, 5.41) is 10.6. The van der Waals surface area contributed by atoms with E-state index in [0.717, 1.165) is 63.6 Å². The number of nitrogens with zero attached hydrogens (tertiary/aromatic N) is 2. The van der Waals surface area contributed by atoms with E-state index < -0.39 is 11.9 Å². The number of likely N-dealkylation sites (tertiary alicyclic amines) is 1. The highest BCUT2D eigenvalue weighted by Gasteiger charge is 2.53. The lowest BCUT2D eigenvalue weighted by molar-refractivity contribution is -0.145. The van der Waals surface area contributed by atoms with Gasteiger partial charge in [-0.15, -0.1) is 0 Å². The highest BCUT2D eigenvalue weighted by molar-refractivity contribution is 5.79. The number of unbranched alkanes of at least 4 members (excludes halogenated alkanes) is 3. The fourth-order valence-corrected chi connectivity index (χ4v) is 6.17. The van der Waals surface area contributed by atoms with Crippen LogP contribution in [0.5, 0.6) is 17.2 Å². The molecule has 38 heavy (non-hydrogen) atoms. The molecule has 8 heteroatoms. The van der Waals surface area contributed by atoms with E-state index in [2.05, 4.69) is 39.5 Å². The fourth-order valence-electron chi connectivity index (χ4n) is 6.17. The van der Waals surface area contributed by atoms with E-state index in [0.29, 0.717) is 23.8 Å². The smallest absolute Gasteiger partial charge is 0.308 e. The Labute approximate surface area is 228 Å². The average Bonchev–Trinajstić information content (AvgIpc) is 3.52. The molecule has 1 aromatic rings. The second-order valence-electron chi connectivity index (χ2n) is 11.5. The molecular weight excluding hydrogens is 484 g/mol. The molecule has 1 N–H and O–H groups in total. The zero-order valence-corrected chi connectivity index (χ0v) is 24.3. The number of carbonyl (C=O) groups is 2. The van der Waals surface area contributed by atoms with Gasteiger partial charge in [0.05, 0.1) is 19.6 Å². The summed E-state index contributed by atoms with van der Waals surface area (Å²) in [6.07, 6.45) is 6.95. The number of hydrogen-bond acceptors (Lipinski definition) is 6. The normalized spacial score (nSPS) is 21.1. The largest absolute Gasteiger partial charge is 0.493 e. The van der Waals surface area contributed by atoms with Gasteiger partial charge in [0.15, 0.2) is 11.5 Å². The summed E-state index contributed by atoms with van der Waals surface area (Å²) in [4.78, 5) is 30.7. The Morgan fingerprint density at radius 3 is 2.32 bits per heavy atom. The maximum absolute atomic E-state index is 13.7. The van der Waals surface area contributed by atoms with Crippen LogP contribution in [0, 0.1) is 11.3 Å². The van der Waals surface area contributed by atoms with Gasteiger partial charge in [0.1, 0.15) is 0 Å². The molecule has 214 valence electrons. The molecule has 3 rings (SSSR count). The van der Waals surface area contributed by atoms with Crippen LogP contribution in [-0.4, -0.2) is 72.9 Å². The van der Waals surface area contributed by atoms with E-state index in [9.17, 15) is 14.7 Å². The summed E-state index contributed by atoms with van der Waals surface area (Å²) < 4.78 is 16.8. The van der Waals surface area contributed by atoms with E-state index in [1.165, 1.54) is 0 Å². The van der Waals surface area contributed by atoms with Crippen LogP contribution < -0.4 is 14.2 Å². The van der Waals surface area contributed by atoms with Crippen molar-refractivity contribution in [2.75, 3.05) is 40.1 Å². The summed E-state index contributed by atoms with van der Waals surface area (Å²) in [7, 11) is 1.58. The molecule has 2 aliphatic rings. The number of methoxy groups -OCH3 is 1. The minimum absolute atomic E-state index is 0.0937. The number of hydrogen-bond donors (Lipinski definition) is 1. The quantitative estimate of drug-likeness (QED) is 0.317. The van der Waals surface area contributed by atoms with Crippen molar-refractivity contribution in [1.82, 2.24) is 9.80 Å². The maximum Gasteiger partial charge on any atom is 0.308 e. The van der Waals surface area contributed by atoms with E-state index >= 15 is 0 Å². The van der Waals surface area contributed by atoms with Gasteiger partial charge in [-0.2, -0.15) is 0 Å². The molecule has 0 aliphatic carbocycles. The van der Waals surface area contributed by atoms with Gasteiger partial charge in [0.25, 0.3) is 0 Å². The number of carbonyl (C=O) groups excluding carboxylic acids is 1. The van der Waals surface area contributed by atoms with Crippen LogP contribution in [-0.2, 0) is 9.59 Å². The second-order valence-corrected chi connectivity index (χ2v) is 11.5. The van der Waals surface area contributed by atoms with Gasteiger partial charge in [-0.05, 0) is 42.4 Å². The highest BCUT2D eigenvalue weighted by Crippen LogP contribution is 2.50. The van der Waals surface area contributed by atoms with Crippen molar-refractivity contribution in [3.05, 3.63) is 17.7 Å². The highest BCUT2D eigenvalue weighted by atomic mass is 16.7. The Balaban J connectivity index is 1.99. The van der Waals surface area contributed by atoms with E-state index in [1.54, 1.807) is 7.11 Å². The number of fused-ring (bicyclic) bond motifs is 1. The van der Waals surface area contributed by atoms with Crippen molar-refractivity contribution in [3.63, 3.8) is 0 Å². The Bertz CT molecular complexity index is 941. The first-order valence-electron chi connectivity index (χ1n) is 14.4. The molecule has 0 bridgehead atoms. The molecule has 0 unspecified atom stereocenters. The summed E-state index contributed by atoms with van der Waals surface area (Å²) in [5.74, 6) is -0.0450. The third-order valence-corrected chi connectivity index (χ3v) is 8.22. The summed E-state index contributed by atoms with van der Waals surface area (Å²) in [5.41, 5.74) is 0.560. The van der Waals surface area contributed by atoms with Crippen molar-refractivity contribution in [1.29, 1.82) is 0 Å². The van der Waals surface area contributed by atoms with Crippen molar-refractivity contribution in [3.8, 4) is 17.2 Å². The zero-order valence-electron chi connectivity index (χ0n) is 24.3. The predicted molar refractivity (Wildman–Crippen MR) is 148 cm³/mol. The molecule has 0 aromatic heterocycles. The van der Waals surface area contributed by atoms with Crippen LogP contribution >= 0.6 is 0 Å². The molecule has 1 amide bonds. The van der Waals surface area contributed by atoms with Gasteiger partial charge in [-0.25, -0.2) is 0 Å². The predicted octanol–water partition coefficient (Wildman–Crippen LogP) is 5.54. The number of ether oxygens (including phenoxy) is 3. The molecule has 3 atom stereocenters. The van der Waals surface area contributed by atoms with Gasteiger partial charge in [-0.3, -0.25) is 14.5 Å². The SMILES string of the molecule is CCCCN(CCCC)C(=O)CN1C[C@H](c2cc(OC)c3c(c2)OCO3)[C@@H](C(=O)O)[C@@H]1C(C)(C)CCCC. The number of carboxylic acids is 1. The number of amides is 1. The molecule has 0 saturated carbocycles. The zero-order chi connectivity index (χ0) is 27.9. The molecule has 0 spiro atoms. The van der Waals surface area contributed by atoms with Gasteiger partial charge >= 0.3 is 5.97 Å². The molecule has 2 heterocycles. The van der Waals surface area contributed by atoms with E-state index in [-0.39, 0.29) is 36.6 Å². The number of rotatable bonds is 15.